The summed E-state index contributed by atoms with van der Waals surface area (Å²) in [5.41, 5.74) is 1.73. The summed E-state index contributed by atoms with van der Waals surface area (Å²) in [7, 11) is 1.66. The smallest absolute Gasteiger partial charge is 0.180 e. The number of hydrogen-bond donors (Lipinski definition) is 1. The molecule has 0 saturated carbocycles. The van der Waals surface area contributed by atoms with E-state index in [1.165, 1.54) is 0 Å². The second-order valence-electron chi connectivity index (χ2n) is 4.58. The molecule has 21 heavy (non-hydrogen) atoms. The number of rotatable bonds is 7. The Balaban J connectivity index is 2.47. The van der Waals surface area contributed by atoms with E-state index in [1.54, 1.807) is 19.6 Å². The van der Waals surface area contributed by atoms with Crippen LogP contribution in [-0.4, -0.2) is 33.2 Å². The van der Waals surface area contributed by atoms with Gasteiger partial charge in [-0.2, -0.15) is 0 Å². The fourth-order valence-corrected chi connectivity index (χ4v) is 2.39. The zero-order chi connectivity index (χ0) is 15.2. The lowest BCUT2D eigenvalue weighted by atomic mass is 10.3. The fraction of sp³-hybridized carbons (Fsp3) is 0.500. The Morgan fingerprint density at radius 2 is 2.14 bits per heavy atom. The molecule has 0 aliphatic heterocycles. The van der Waals surface area contributed by atoms with E-state index < -0.39 is 0 Å². The molecular weight excluding hydrogens is 334 g/mol. The molecular formula is C14H20BrN5O. The molecule has 2 rings (SSSR count). The summed E-state index contributed by atoms with van der Waals surface area (Å²) < 4.78 is 8.09. The van der Waals surface area contributed by atoms with Crippen LogP contribution in [0.25, 0.3) is 11.5 Å². The number of hydrogen-bond acceptors (Lipinski definition) is 5. The van der Waals surface area contributed by atoms with E-state index in [-0.39, 0.29) is 0 Å². The van der Waals surface area contributed by atoms with Crippen LogP contribution in [0.4, 0.5) is 5.82 Å². The maximum absolute atomic E-state index is 5.23. The number of ether oxygens (including phenoxy) is 1. The summed E-state index contributed by atoms with van der Waals surface area (Å²) in [5.74, 6) is 1.45. The first-order valence-corrected chi connectivity index (χ1v) is 7.80. The molecule has 0 fully saturated rings. The van der Waals surface area contributed by atoms with E-state index in [0.29, 0.717) is 12.4 Å². The van der Waals surface area contributed by atoms with E-state index in [9.17, 15) is 0 Å². The minimum absolute atomic E-state index is 0.428. The average molecular weight is 354 g/mol. The van der Waals surface area contributed by atoms with Crippen molar-refractivity contribution in [3.63, 3.8) is 0 Å². The van der Waals surface area contributed by atoms with Crippen molar-refractivity contribution in [3.05, 3.63) is 22.7 Å². The van der Waals surface area contributed by atoms with Crippen LogP contribution in [-0.2, 0) is 17.9 Å². The van der Waals surface area contributed by atoms with Gasteiger partial charge in [-0.3, -0.25) is 0 Å². The highest BCUT2D eigenvalue weighted by atomic mass is 79.9. The Labute approximate surface area is 133 Å². The van der Waals surface area contributed by atoms with Crippen molar-refractivity contribution >= 4 is 21.7 Å². The van der Waals surface area contributed by atoms with Gasteiger partial charge in [0.2, 0.25) is 0 Å². The molecule has 2 aromatic heterocycles. The molecule has 0 unspecified atom stereocenters. The zero-order valence-corrected chi connectivity index (χ0v) is 14.1. The first kappa shape index (κ1) is 15.9. The van der Waals surface area contributed by atoms with Crippen LogP contribution in [0, 0.1) is 0 Å². The summed E-state index contributed by atoms with van der Waals surface area (Å²) in [6, 6.07) is 0. The van der Waals surface area contributed by atoms with Gasteiger partial charge in [0.1, 0.15) is 11.5 Å². The van der Waals surface area contributed by atoms with Gasteiger partial charge in [-0.05, 0) is 29.3 Å². The zero-order valence-electron chi connectivity index (χ0n) is 12.6. The van der Waals surface area contributed by atoms with Crippen molar-refractivity contribution in [2.75, 3.05) is 19.0 Å². The SMILES string of the molecule is CCCNc1nc(-c2cncn2CC)nc(COC)c1Br. The maximum atomic E-state index is 5.23. The normalized spacial score (nSPS) is 10.9. The Hall–Kier alpha value is -1.47. The lowest BCUT2D eigenvalue weighted by molar-refractivity contribution is 0.181. The van der Waals surface area contributed by atoms with Gasteiger partial charge >= 0.3 is 0 Å². The number of nitrogens with zero attached hydrogens (tertiary/aromatic N) is 4. The van der Waals surface area contributed by atoms with Crippen LogP contribution in [0.1, 0.15) is 26.0 Å². The fourth-order valence-electron chi connectivity index (χ4n) is 1.96. The predicted molar refractivity (Wildman–Crippen MR) is 86.1 cm³/mol. The molecule has 0 aliphatic rings. The van der Waals surface area contributed by atoms with Gasteiger partial charge < -0.3 is 14.6 Å². The lowest BCUT2D eigenvalue weighted by Crippen LogP contribution is -2.09. The van der Waals surface area contributed by atoms with Gasteiger partial charge in [-0.15, -0.1) is 0 Å². The minimum atomic E-state index is 0.428. The van der Waals surface area contributed by atoms with Crippen molar-refractivity contribution in [2.24, 2.45) is 0 Å². The molecule has 0 spiro atoms. The van der Waals surface area contributed by atoms with Crippen LogP contribution >= 0.6 is 15.9 Å². The molecule has 7 heteroatoms. The third kappa shape index (κ3) is 3.59. The number of aromatic nitrogens is 4. The largest absolute Gasteiger partial charge is 0.378 e. The number of imidazole rings is 1. The molecule has 0 bridgehead atoms. The number of nitrogens with one attached hydrogen (secondary N) is 1. The first-order valence-electron chi connectivity index (χ1n) is 7.00. The van der Waals surface area contributed by atoms with Crippen molar-refractivity contribution in [2.45, 2.75) is 33.4 Å². The standard InChI is InChI=1S/C14H20BrN5O/c1-4-6-17-14-12(15)10(8-21-3)18-13(19-14)11-7-16-9-20(11)5-2/h7,9H,4-6,8H2,1-3H3,(H,17,18,19). The Kier molecular flexibility index (Phi) is 5.69. The summed E-state index contributed by atoms with van der Waals surface area (Å²) in [6.45, 7) is 6.29. The van der Waals surface area contributed by atoms with E-state index >= 15 is 0 Å². The first-order chi connectivity index (χ1) is 10.2. The highest BCUT2D eigenvalue weighted by Crippen LogP contribution is 2.27. The monoisotopic (exact) mass is 353 g/mol. The molecule has 0 aliphatic carbocycles. The number of methoxy groups -OCH3 is 1. The topological polar surface area (TPSA) is 64.9 Å². The van der Waals surface area contributed by atoms with Gasteiger partial charge in [0.05, 0.1) is 29.3 Å². The summed E-state index contributed by atoms with van der Waals surface area (Å²) >= 11 is 3.56. The second kappa shape index (κ2) is 7.51. The van der Waals surface area contributed by atoms with Crippen molar-refractivity contribution < 1.29 is 4.74 Å². The van der Waals surface area contributed by atoms with Gasteiger partial charge in [0.15, 0.2) is 5.82 Å². The van der Waals surface area contributed by atoms with E-state index in [4.69, 9.17) is 4.74 Å². The quantitative estimate of drug-likeness (QED) is 0.828. The predicted octanol–water partition coefficient (Wildman–Crippen LogP) is 3.09. The minimum Gasteiger partial charge on any atom is -0.378 e. The summed E-state index contributed by atoms with van der Waals surface area (Å²) in [5, 5.41) is 3.32. The van der Waals surface area contributed by atoms with Crippen LogP contribution in [0.15, 0.2) is 17.0 Å². The van der Waals surface area contributed by atoms with Gasteiger partial charge in [-0.1, -0.05) is 6.92 Å². The molecule has 114 valence electrons. The molecule has 0 aromatic carbocycles. The molecule has 1 N–H and O–H groups in total. The van der Waals surface area contributed by atoms with Crippen LogP contribution in [0.2, 0.25) is 0 Å². The van der Waals surface area contributed by atoms with Crippen molar-refractivity contribution in [1.82, 2.24) is 19.5 Å². The number of anilines is 1. The van der Waals surface area contributed by atoms with Gasteiger partial charge in [0.25, 0.3) is 0 Å². The van der Waals surface area contributed by atoms with Gasteiger partial charge in [-0.25, -0.2) is 15.0 Å². The summed E-state index contributed by atoms with van der Waals surface area (Å²) in [6.07, 6.45) is 4.60. The highest BCUT2D eigenvalue weighted by Gasteiger charge is 2.15. The van der Waals surface area contributed by atoms with Gasteiger partial charge in [0, 0.05) is 20.2 Å². The van der Waals surface area contributed by atoms with E-state index in [0.717, 1.165) is 41.2 Å². The third-order valence-electron chi connectivity index (χ3n) is 3.03. The Morgan fingerprint density at radius 1 is 1.33 bits per heavy atom. The second-order valence-corrected chi connectivity index (χ2v) is 5.37. The molecule has 2 aromatic rings. The molecule has 0 amide bonds. The molecule has 2 heterocycles. The molecule has 0 radical (unpaired) electrons. The average Bonchev–Trinajstić information content (AvgIpc) is 2.96. The van der Waals surface area contributed by atoms with E-state index in [1.807, 2.05) is 4.57 Å². The number of halogens is 1. The van der Waals surface area contributed by atoms with Crippen molar-refractivity contribution in [3.8, 4) is 11.5 Å². The molecule has 0 saturated heterocycles. The van der Waals surface area contributed by atoms with Crippen molar-refractivity contribution in [1.29, 1.82) is 0 Å². The number of aryl methyl sites for hydroxylation is 1. The van der Waals surface area contributed by atoms with Crippen LogP contribution in [0.3, 0.4) is 0 Å². The van der Waals surface area contributed by atoms with Crippen LogP contribution in [0.5, 0.6) is 0 Å². The molecule has 6 nitrogen and oxygen atoms in total. The van der Waals surface area contributed by atoms with Crippen LogP contribution < -0.4 is 5.32 Å². The Bertz CT molecular complexity index is 599. The highest BCUT2D eigenvalue weighted by molar-refractivity contribution is 9.10. The van der Waals surface area contributed by atoms with E-state index in [2.05, 4.69) is 50.0 Å². The molecule has 0 atom stereocenters. The summed E-state index contributed by atoms with van der Waals surface area (Å²) in [4.78, 5) is 13.4. The lowest BCUT2D eigenvalue weighted by Gasteiger charge is -2.13. The third-order valence-corrected chi connectivity index (χ3v) is 3.86. The Morgan fingerprint density at radius 3 is 2.81 bits per heavy atom. The maximum Gasteiger partial charge on any atom is 0.180 e.